The second-order valence-electron chi connectivity index (χ2n) is 14.5. The molecule has 0 aromatic carbocycles. The third kappa shape index (κ3) is 6.65. The van der Waals surface area contributed by atoms with Crippen molar-refractivity contribution in [1.82, 2.24) is 0 Å². The number of rotatable bonds is 5. The first kappa shape index (κ1) is 27.0. The second kappa shape index (κ2) is 13.0. The highest BCUT2D eigenvalue weighted by Crippen LogP contribution is 2.56. The van der Waals surface area contributed by atoms with Crippen molar-refractivity contribution in [3.63, 3.8) is 0 Å². The molecular weight excluding hydrogens is 408 g/mol. The second-order valence-corrected chi connectivity index (χ2v) is 14.5. The van der Waals surface area contributed by atoms with Gasteiger partial charge < -0.3 is 0 Å². The number of fused-ring (bicyclic) bond motifs is 2. The minimum absolute atomic E-state index is 1.01. The van der Waals surface area contributed by atoms with Crippen LogP contribution in [0.15, 0.2) is 0 Å². The fraction of sp³-hybridized carbons (Fsp3) is 1.00. The van der Waals surface area contributed by atoms with Gasteiger partial charge in [-0.05, 0) is 123 Å². The number of unbranched alkanes of at least 4 members (excludes halogenated alkanes) is 1. The molecule has 0 N–H and O–H groups in total. The summed E-state index contributed by atoms with van der Waals surface area (Å²) < 4.78 is 0. The number of hydrogen-bond donors (Lipinski definition) is 0. The molecule has 0 bridgehead atoms. The molecule has 0 spiro atoms. The van der Waals surface area contributed by atoms with E-state index in [1.807, 2.05) is 0 Å². The van der Waals surface area contributed by atoms with Gasteiger partial charge in [0.2, 0.25) is 0 Å². The van der Waals surface area contributed by atoms with Crippen molar-refractivity contribution >= 4 is 0 Å². The Labute approximate surface area is 215 Å². The summed E-state index contributed by atoms with van der Waals surface area (Å²) in [5.74, 6) is 11.9. The topological polar surface area (TPSA) is 0 Å². The van der Waals surface area contributed by atoms with Crippen LogP contribution in [-0.2, 0) is 0 Å². The average Bonchev–Trinajstić information content (AvgIpc) is 3.31. The van der Waals surface area contributed by atoms with Crippen LogP contribution in [0.25, 0.3) is 0 Å². The Balaban J connectivity index is 0.000000192. The molecule has 0 aromatic heterocycles. The Morgan fingerprint density at radius 1 is 0.588 bits per heavy atom. The average molecular weight is 471 g/mol. The molecule has 0 heteroatoms. The predicted octanol–water partition coefficient (Wildman–Crippen LogP) is 10.9. The lowest BCUT2D eigenvalue weighted by molar-refractivity contribution is -0.00258. The predicted molar refractivity (Wildman–Crippen MR) is 150 cm³/mol. The molecule has 0 saturated heterocycles. The summed E-state index contributed by atoms with van der Waals surface area (Å²) in [4.78, 5) is 0. The van der Waals surface area contributed by atoms with Crippen LogP contribution in [-0.4, -0.2) is 0 Å². The molecule has 5 saturated carbocycles. The monoisotopic (exact) mass is 470 g/mol. The van der Waals surface area contributed by atoms with E-state index >= 15 is 0 Å². The summed E-state index contributed by atoms with van der Waals surface area (Å²) in [5, 5.41) is 0. The lowest BCUT2D eigenvalue weighted by Gasteiger charge is -2.49. The van der Waals surface area contributed by atoms with Gasteiger partial charge in [0.25, 0.3) is 0 Å². The van der Waals surface area contributed by atoms with Gasteiger partial charge >= 0.3 is 0 Å². The van der Waals surface area contributed by atoms with E-state index in [9.17, 15) is 0 Å². The van der Waals surface area contributed by atoms with E-state index in [0.717, 1.165) is 65.1 Å². The van der Waals surface area contributed by atoms with Crippen molar-refractivity contribution in [3.05, 3.63) is 0 Å². The molecule has 5 fully saturated rings. The molecule has 9 atom stereocenters. The van der Waals surface area contributed by atoms with Crippen molar-refractivity contribution in [2.24, 2.45) is 65.1 Å². The van der Waals surface area contributed by atoms with Crippen molar-refractivity contribution < 1.29 is 0 Å². The zero-order valence-electron chi connectivity index (χ0n) is 24.1. The molecule has 0 nitrogen and oxygen atoms in total. The molecule has 5 rings (SSSR count). The summed E-state index contributed by atoms with van der Waals surface area (Å²) in [5.41, 5.74) is 0. The Morgan fingerprint density at radius 2 is 1.21 bits per heavy atom. The first-order valence-corrected chi connectivity index (χ1v) is 16.5. The Morgan fingerprint density at radius 3 is 1.79 bits per heavy atom. The van der Waals surface area contributed by atoms with E-state index in [2.05, 4.69) is 34.6 Å². The van der Waals surface area contributed by atoms with Crippen LogP contribution < -0.4 is 0 Å². The minimum atomic E-state index is 1.01. The van der Waals surface area contributed by atoms with E-state index in [0.29, 0.717) is 0 Å². The highest BCUT2D eigenvalue weighted by atomic mass is 14.5. The van der Waals surface area contributed by atoms with Gasteiger partial charge in [-0.15, -0.1) is 0 Å². The Hall–Kier alpha value is 0. The van der Waals surface area contributed by atoms with Gasteiger partial charge in [0.15, 0.2) is 0 Å². The third-order valence-electron chi connectivity index (χ3n) is 12.2. The van der Waals surface area contributed by atoms with E-state index in [-0.39, 0.29) is 0 Å². The molecule has 0 aliphatic heterocycles. The minimum Gasteiger partial charge on any atom is -0.0654 e. The van der Waals surface area contributed by atoms with Crippen LogP contribution in [0.4, 0.5) is 0 Å². The highest BCUT2D eigenvalue weighted by molar-refractivity contribution is 4.97. The van der Waals surface area contributed by atoms with Crippen LogP contribution in [0.5, 0.6) is 0 Å². The maximum absolute atomic E-state index is 2.61. The quantitative estimate of drug-likeness (QED) is 0.374. The molecule has 0 radical (unpaired) electrons. The fourth-order valence-electron chi connectivity index (χ4n) is 10.2. The molecular formula is C34H62. The van der Waals surface area contributed by atoms with Crippen molar-refractivity contribution in [3.8, 4) is 0 Å². The molecule has 0 heterocycles. The van der Waals surface area contributed by atoms with Gasteiger partial charge in [-0.25, -0.2) is 0 Å². The first-order valence-electron chi connectivity index (χ1n) is 16.5. The fourth-order valence-corrected chi connectivity index (χ4v) is 10.2. The van der Waals surface area contributed by atoms with Crippen LogP contribution >= 0.6 is 0 Å². The Kier molecular flexibility index (Phi) is 10.3. The lowest BCUT2D eigenvalue weighted by Crippen LogP contribution is -2.42. The van der Waals surface area contributed by atoms with Gasteiger partial charge in [0, 0.05) is 0 Å². The van der Waals surface area contributed by atoms with E-state index in [4.69, 9.17) is 0 Å². The molecule has 198 valence electrons. The van der Waals surface area contributed by atoms with Crippen molar-refractivity contribution in [2.45, 2.75) is 150 Å². The van der Waals surface area contributed by atoms with Gasteiger partial charge in [0.05, 0.1) is 0 Å². The normalized spacial score (nSPS) is 46.7. The molecule has 5 aliphatic rings. The SMILES string of the molecule is CC1CCC2CC(C)CCC2C1.CCCCC1C(C)CC2CCCC2C1C1CCC(CC)CC1. The molecule has 0 aromatic rings. The molecule has 5 aliphatic carbocycles. The third-order valence-corrected chi connectivity index (χ3v) is 12.2. The Bertz CT molecular complexity index is 553. The summed E-state index contributed by atoms with van der Waals surface area (Å²) >= 11 is 0. The number of hydrogen-bond acceptors (Lipinski definition) is 0. The smallest absolute Gasteiger partial charge is 0.0324 e. The maximum Gasteiger partial charge on any atom is -0.0324 e. The molecule has 0 amide bonds. The lowest BCUT2D eigenvalue weighted by atomic mass is 9.56. The van der Waals surface area contributed by atoms with Gasteiger partial charge in [-0.3, -0.25) is 0 Å². The van der Waals surface area contributed by atoms with Crippen molar-refractivity contribution in [2.75, 3.05) is 0 Å². The van der Waals surface area contributed by atoms with E-state index in [1.54, 1.807) is 57.8 Å². The summed E-state index contributed by atoms with van der Waals surface area (Å²) in [6.45, 7) is 12.3. The standard InChI is InChI=1S/C22H40.C12H22/c1-4-6-9-20-16(3)15-19-8-7-10-21(19)22(20)18-13-11-17(5-2)12-14-18;1-9-3-5-12-8-10(2)4-6-11(12)7-9/h16-22H,4-15H2,1-3H3;9-12H,3-8H2,1-2H3. The summed E-state index contributed by atoms with van der Waals surface area (Å²) in [7, 11) is 0. The van der Waals surface area contributed by atoms with Gasteiger partial charge in [0.1, 0.15) is 0 Å². The van der Waals surface area contributed by atoms with Crippen LogP contribution in [0.3, 0.4) is 0 Å². The zero-order chi connectivity index (χ0) is 24.1. The van der Waals surface area contributed by atoms with Gasteiger partial charge in [-0.2, -0.15) is 0 Å². The summed E-state index contributed by atoms with van der Waals surface area (Å²) in [6.07, 6.45) is 27.5. The zero-order valence-corrected chi connectivity index (χ0v) is 24.1. The van der Waals surface area contributed by atoms with E-state index in [1.165, 1.54) is 57.8 Å². The molecule has 9 unspecified atom stereocenters. The van der Waals surface area contributed by atoms with Crippen LogP contribution in [0.2, 0.25) is 0 Å². The maximum atomic E-state index is 2.61. The highest BCUT2D eigenvalue weighted by Gasteiger charge is 2.47. The summed E-state index contributed by atoms with van der Waals surface area (Å²) in [6, 6.07) is 0. The van der Waals surface area contributed by atoms with Crippen LogP contribution in [0.1, 0.15) is 150 Å². The van der Waals surface area contributed by atoms with E-state index < -0.39 is 0 Å². The largest absolute Gasteiger partial charge is 0.0654 e. The molecule has 34 heavy (non-hydrogen) atoms. The first-order chi connectivity index (χ1) is 16.5. The van der Waals surface area contributed by atoms with Crippen LogP contribution in [0, 0.1) is 65.1 Å². The van der Waals surface area contributed by atoms with Crippen molar-refractivity contribution in [1.29, 1.82) is 0 Å². The van der Waals surface area contributed by atoms with Gasteiger partial charge in [-0.1, -0.05) is 92.4 Å².